The average Bonchev–Trinajstić information content (AvgIpc) is 2.52. The molecule has 0 unspecified atom stereocenters. The van der Waals surface area contributed by atoms with E-state index in [1.807, 2.05) is 0 Å². The van der Waals surface area contributed by atoms with Gasteiger partial charge in [-0.2, -0.15) is 0 Å². The second kappa shape index (κ2) is 3.70. The molecule has 1 rings (SSSR count). The number of esters is 1. The maximum Gasteiger partial charge on any atom is 0.357 e. The molecule has 6 nitrogen and oxygen atoms in total. The van der Waals surface area contributed by atoms with Crippen LogP contribution < -0.4 is 0 Å². The quantitative estimate of drug-likeness (QED) is 0.671. The highest BCUT2D eigenvalue weighted by Crippen LogP contribution is 2.03. The van der Waals surface area contributed by atoms with Gasteiger partial charge >= 0.3 is 11.9 Å². The minimum atomic E-state index is -1.19. The van der Waals surface area contributed by atoms with E-state index in [0.29, 0.717) is 0 Å². The Labute approximate surface area is 73.1 Å². The van der Waals surface area contributed by atoms with Crippen molar-refractivity contribution in [1.29, 1.82) is 0 Å². The van der Waals surface area contributed by atoms with Crippen molar-refractivity contribution in [2.75, 3.05) is 7.11 Å². The fraction of sp³-hybridized carbons (Fsp3) is 0.286. The van der Waals surface area contributed by atoms with Gasteiger partial charge in [0.15, 0.2) is 5.69 Å². The van der Waals surface area contributed by atoms with Gasteiger partial charge in [0.25, 0.3) is 0 Å². The van der Waals surface area contributed by atoms with Crippen LogP contribution in [0, 0.1) is 0 Å². The number of methoxy groups -OCH3 is 1. The number of ether oxygens (including phenoxy) is 1. The molecule has 0 spiro atoms. The van der Waals surface area contributed by atoms with Gasteiger partial charge < -0.3 is 14.3 Å². The Hall–Kier alpha value is -1.85. The number of carbonyl (C=O) groups is 2. The van der Waals surface area contributed by atoms with Gasteiger partial charge in [-0.05, 0) is 0 Å². The first-order valence-electron chi connectivity index (χ1n) is 3.38. The van der Waals surface area contributed by atoms with E-state index >= 15 is 0 Å². The lowest BCUT2D eigenvalue weighted by atomic mass is 10.4. The minimum absolute atomic E-state index is 0.0317. The van der Waals surface area contributed by atoms with Gasteiger partial charge in [-0.25, -0.2) is 9.78 Å². The van der Waals surface area contributed by atoms with Crippen LogP contribution in [0.3, 0.4) is 0 Å². The molecule has 0 aliphatic rings. The number of hydrogen-bond donors (Lipinski definition) is 1. The first kappa shape index (κ1) is 9.24. The van der Waals surface area contributed by atoms with Crippen LogP contribution in [-0.4, -0.2) is 29.1 Å². The van der Waals surface area contributed by atoms with Gasteiger partial charge in [-0.1, -0.05) is 0 Å². The summed E-state index contributed by atoms with van der Waals surface area (Å²) in [7, 11) is 1.23. The Morgan fingerprint density at radius 1 is 1.69 bits per heavy atom. The fourth-order valence-corrected chi connectivity index (χ4v) is 0.686. The molecule has 13 heavy (non-hydrogen) atoms. The molecular formula is C7H7NO5. The lowest BCUT2D eigenvalue weighted by Gasteiger charge is -1.92. The summed E-state index contributed by atoms with van der Waals surface area (Å²) in [5.74, 6) is -1.69. The molecule has 1 N–H and O–H groups in total. The summed E-state index contributed by atoms with van der Waals surface area (Å²) in [4.78, 5) is 24.6. The van der Waals surface area contributed by atoms with E-state index in [1.54, 1.807) is 0 Å². The number of aromatic carboxylic acids is 1. The summed E-state index contributed by atoms with van der Waals surface area (Å²) in [6.45, 7) is 0. The van der Waals surface area contributed by atoms with Crippen molar-refractivity contribution in [2.24, 2.45) is 0 Å². The third-order valence-electron chi connectivity index (χ3n) is 1.29. The smallest absolute Gasteiger partial charge is 0.357 e. The molecule has 0 aliphatic heterocycles. The Balaban J connectivity index is 2.69. The highest BCUT2D eigenvalue weighted by Gasteiger charge is 2.13. The Kier molecular flexibility index (Phi) is 2.63. The fourth-order valence-electron chi connectivity index (χ4n) is 0.686. The molecule has 0 fully saturated rings. The minimum Gasteiger partial charge on any atom is -0.476 e. The van der Waals surface area contributed by atoms with Crippen molar-refractivity contribution < 1.29 is 23.8 Å². The van der Waals surface area contributed by atoms with E-state index in [2.05, 4.69) is 9.72 Å². The lowest BCUT2D eigenvalue weighted by Crippen LogP contribution is -2.05. The molecule has 1 aromatic rings. The molecule has 0 bridgehead atoms. The van der Waals surface area contributed by atoms with Gasteiger partial charge in [0.2, 0.25) is 5.89 Å². The standard InChI is InChI=1S/C7H7NO5/c1-12-6(9)2-5-8-4(3-13-5)7(10)11/h3H,2H2,1H3,(H,10,11). The molecule has 1 aromatic heterocycles. The van der Waals surface area contributed by atoms with Gasteiger partial charge in [0.1, 0.15) is 12.7 Å². The van der Waals surface area contributed by atoms with E-state index in [1.165, 1.54) is 7.11 Å². The van der Waals surface area contributed by atoms with Crippen LogP contribution in [0.1, 0.15) is 16.4 Å². The lowest BCUT2D eigenvalue weighted by molar-refractivity contribution is -0.140. The van der Waals surface area contributed by atoms with Crippen molar-refractivity contribution in [3.8, 4) is 0 Å². The summed E-state index contributed by atoms with van der Waals surface area (Å²) in [6, 6.07) is 0. The molecule has 6 heteroatoms. The number of carbonyl (C=O) groups excluding carboxylic acids is 1. The number of oxazole rings is 1. The summed E-state index contributed by atoms with van der Waals surface area (Å²) in [5.41, 5.74) is -0.223. The van der Waals surface area contributed by atoms with Crippen LogP contribution >= 0.6 is 0 Å². The SMILES string of the molecule is COC(=O)Cc1nc(C(=O)O)co1. The summed E-state index contributed by atoms with van der Waals surface area (Å²) < 4.78 is 9.04. The molecule has 1 heterocycles. The first-order chi connectivity index (χ1) is 6.13. The monoisotopic (exact) mass is 185 g/mol. The molecule has 70 valence electrons. The summed E-state index contributed by atoms with van der Waals surface area (Å²) >= 11 is 0. The number of nitrogens with zero attached hydrogens (tertiary/aromatic N) is 1. The predicted molar refractivity (Wildman–Crippen MR) is 39.2 cm³/mol. The van der Waals surface area contributed by atoms with Crippen molar-refractivity contribution in [1.82, 2.24) is 4.98 Å². The summed E-state index contributed by atoms with van der Waals surface area (Å²) in [5, 5.41) is 8.45. The largest absolute Gasteiger partial charge is 0.476 e. The molecular weight excluding hydrogens is 178 g/mol. The molecule has 0 saturated carbocycles. The van der Waals surface area contributed by atoms with Gasteiger partial charge in [0.05, 0.1) is 7.11 Å². The molecule has 0 aromatic carbocycles. The number of aromatic nitrogens is 1. The number of carboxylic acid groups (broad SMARTS) is 1. The summed E-state index contributed by atoms with van der Waals surface area (Å²) in [6.07, 6.45) is 0.810. The van der Waals surface area contributed by atoms with E-state index in [0.717, 1.165) is 6.26 Å². The zero-order chi connectivity index (χ0) is 9.84. The Morgan fingerprint density at radius 3 is 2.85 bits per heavy atom. The molecule has 0 aliphatic carbocycles. The van der Waals surface area contributed by atoms with E-state index < -0.39 is 11.9 Å². The zero-order valence-corrected chi connectivity index (χ0v) is 6.81. The zero-order valence-electron chi connectivity index (χ0n) is 6.81. The molecule has 0 radical (unpaired) electrons. The van der Waals surface area contributed by atoms with Gasteiger partial charge in [-0.15, -0.1) is 0 Å². The van der Waals surface area contributed by atoms with Crippen molar-refractivity contribution in [3.05, 3.63) is 17.8 Å². The second-order valence-electron chi connectivity index (χ2n) is 2.18. The predicted octanol–water partition coefficient (Wildman–Crippen LogP) is 0.0883. The van der Waals surface area contributed by atoms with Crippen LogP contribution in [-0.2, 0) is 16.0 Å². The van der Waals surface area contributed by atoms with Crippen LogP contribution in [0.15, 0.2) is 10.7 Å². The number of hydrogen-bond acceptors (Lipinski definition) is 5. The van der Waals surface area contributed by atoms with Crippen molar-refractivity contribution >= 4 is 11.9 Å². The third kappa shape index (κ3) is 2.29. The normalized spacial score (nSPS) is 9.62. The van der Waals surface area contributed by atoms with Crippen LogP contribution in [0.5, 0.6) is 0 Å². The highest BCUT2D eigenvalue weighted by atomic mass is 16.5. The number of carboxylic acids is 1. The van der Waals surface area contributed by atoms with Crippen LogP contribution in [0.25, 0.3) is 0 Å². The number of rotatable bonds is 3. The van der Waals surface area contributed by atoms with Crippen molar-refractivity contribution in [2.45, 2.75) is 6.42 Å². The molecule has 0 amide bonds. The second-order valence-corrected chi connectivity index (χ2v) is 2.18. The Morgan fingerprint density at radius 2 is 2.38 bits per heavy atom. The topological polar surface area (TPSA) is 89.6 Å². The maximum absolute atomic E-state index is 10.7. The van der Waals surface area contributed by atoms with Crippen LogP contribution in [0.2, 0.25) is 0 Å². The third-order valence-corrected chi connectivity index (χ3v) is 1.29. The highest BCUT2D eigenvalue weighted by molar-refractivity contribution is 5.84. The van der Waals surface area contributed by atoms with Gasteiger partial charge in [-0.3, -0.25) is 4.79 Å². The van der Waals surface area contributed by atoms with E-state index in [-0.39, 0.29) is 18.0 Å². The molecule has 0 saturated heterocycles. The van der Waals surface area contributed by atoms with E-state index in [9.17, 15) is 9.59 Å². The Bertz CT molecular complexity index is 329. The average molecular weight is 185 g/mol. The van der Waals surface area contributed by atoms with E-state index in [4.69, 9.17) is 9.52 Å². The maximum atomic E-state index is 10.7. The molecule has 0 atom stereocenters. The first-order valence-corrected chi connectivity index (χ1v) is 3.38. The van der Waals surface area contributed by atoms with Crippen LogP contribution in [0.4, 0.5) is 0 Å². The van der Waals surface area contributed by atoms with Gasteiger partial charge in [0, 0.05) is 0 Å². The van der Waals surface area contributed by atoms with Crippen molar-refractivity contribution in [3.63, 3.8) is 0 Å².